The third kappa shape index (κ3) is 5.57. The van der Waals surface area contributed by atoms with Crippen molar-refractivity contribution in [2.24, 2.45) is 0 Å². The molecule has 0 radical (unpaired) electrons. The average molecular weight is 380 g/mol. The molecule has 136 valence electrons. The molecule has 0 atom stereocenters. The van der Waals surface area contributed by atoms with Crippen molar-refractivity contribution in [1.29, 1.82) is 0 Å². The fourth-order valence-corrected chi connectivity index (χ4v) is 5.90. The summed E-state index contributed by atoms with van der Waals surface area (Å²) in [5, 5.41) is 5.52. The SMILES string of the molecule is O=C(NCC(=O)N1CCCCC1)Nc1cccc(C2SCCCS2)c1. The Balaban J connectivity index is 1.48. The number of carbonyl (C=O) groups excluding carboxylic acids is 2. The first kappa shape index (κ1) is 18.5. The van der Waals surface area contributed by atoms with Crippen molar-refractivity contribution in [3.05, 3.63) is 29.8 Å². The van der Waals surface area contributed by atoms with Gasteiger partial charge in [-0.05, 0) is 54.9 Å². The second-order valence-electron chi connectivity index (χ2n) is 6.30. The van der Waals surface area contributed by atoms with Gasteiger partial charge in [0.25, 0.3) is 0 Å². The van der Waals surface area contributed by atoms with E-state index in [1.807, 2.05) is 46.6 Å². The van der Waals surface area contributed by atoms with Crippen LogP contribution in [0.4, 0.5) is 10.5 Å². The van der Waals surface area contributed by atoms with E-state index < -0.39 is 0 Å². The van der Waals surface area contributed by atoms with Gasteiger partial charge < -0.3 is 15.5 Å². The van der Waals surface area contributed by atoms with Crippen molar-refractivity contribution in [2.75, 3.05) is 36.5 Å². The van der Waals surface area contributed by atoms with E-state index in [0.29, 0.717) is 4.58 Å². The van der Waals surface area contributed by atoms with Crippen LogP contribution >= 0.6 is 23.5 Å². The summed E-state index contributed by atoms with van der Waals surface area (Å²) in [6.07, 6.45) is 4.56. The maximum absolute atomic E-state index is 12.1. The first-order valence-corrected chi connectivity index (χ1v) is 11.0. The summed E-state index contributed by atoms with van der Waals surface area (Å²) in [5.74, 6) is 2.38. The molecule has 3 amide bonds. The largest absolute Gasteiger partial charge is 0.341 e. The number of urea groups is 1. The lowest BCUT2D eigenvalue weighted by Gasteiger charge is -2.26. The van der Waals surface area contributed by atoms with Gasteiger partial charge in [0.2, 0.25) is 5.91 Å². The summed E-state index contributed by atoms with van der Waals surface area (Å²) >= 11 is 3.92. The third-order valence-electron chi connectivity index (χ3n) is 4.35. The quantitative estimate of drug-likeness (QED) is 0.838. The number of amides is 3. The van der Waals surface area contributed by atoms with E-state index in [-0.39, 0.29) is 18.5 Å². The summed E-state index contributed by atoms with van der Waals surface area (Å²) < 4.78 is 0.444. The molecule has 2 N–H and O–H groups in total. The number of thioether (sulfide) groups is 2. The van der Waals surface area contributed by atoms with Gasteiger partial charge in [0, 0.05) is 18.8 Å². The van der Waals surface area contributed by atoms with Gasteiger partial charge in [-0.25, -0.2) is 4.79 Å². The van der Waals surface area contributed by atoms with Gasteiger partial charge in [-0.1, -0.05) is 12.1 Å². The lowest BCUT2D eigenvalue weighted by Crippen LogP contribution is -2.43. The molecule has 0 unspecified atom stereocenters. The van der Waals surface area contributed by atoms with Crippen LogP contribution in [0.5, 0.6) is 0 Å². The Hall–Kier alpha value is -1.34. The molecule has 0 saturated carbocycles. The third-order valence-corrected chi connectivity index (χ3v) is 7.37. The van der Waals surface area contributed by atoms with Crippen LogP contribution in [0.25, 0.3) is 0 Å². The van der Waals surface area contributed by atoms with Crippen LogP contribution < -0.4 is 10.6 Å². The van der Waals surface area contributed by atoms with Gasteiger partial charge in [-0.2, -0.15) is 0 Å². The number of hydrogen-bond acceptors (Lipinski definition) is 4. The summed E-state index contributed by atoms with van der Waals surface area (Å²) in [7, 11) is 0. The minimum Gasteiger partial charge on any atom is -0.341 e. The first-order chi connectivity index (χ1) is 12.2. The number of nitrogens with zero attached hydrogens (tertiary/aromatic N) is 1. The van der Waals surface area contributed by atoms with Crippen LogP contribution in [0.2, 0.25) is 0 Å². The van der Waals surface area contributed by atoms with Crippen LogP contribution in [-0.4, -0.2) is 48.0 Å². The maximum atomic E-state index is 12.1. The summed E-state index contributed by atoms with van der Waals surface area (Å²) in [6, 6.07) is 7.67. The van der Waals surface area contributed by atoms with Crippen molar-refractivity contribution in [3.63, 3.8) is 0 Å². The van der Waals surface area contributed by atoms with Crippen molar-refractivity contribution in [3.8, 4) is 0 Å². The molecule has 2 fully saturated rings. The van der Waals surface area contributed by atoms with Crippen molar-refractivity contribution < 1.29 is 9.59 Å². The average Bonchev–Trinajstić information content (AvgIpc) is 2.68. The van der Waals surface area contributed by atoms with Crippen LogP contribution in [0.15, 0.2) is 24.3 Å². The minimum atomic E-state index is -0.327. The van der Waals surface area contributed by atoms with E-state index in [1.165, 1.54) is 29.9 Å². The highest BCUT2D eigenvalue weighted by molar-refractivity contribution is 8.16. The number of anilines is 1. The normalized spacial score (nSPS) is 18.6. The van der Waals surface area contributed by atoms with E-state index >= 15 is 0 Å². The predicted molar refractivity (Wildman–Crippen MR) is 106 cm³/mol. The molecule has 7 heteroatoms. The van der Waals surface area contributed by atoms with Crippen LogP contribution in [0, 0.1) is 0 Å². The summed E-state index contributed by atoms with van der Waals surface area (Å²) in [6.45, 7) is 1.67. The van der Waals surface area contributed by atoms with Gasteiger partial charge in [0.05, 0.1) is 11.1 Å². The molecule has 2 aliphatic heterocycles. The maximum Gasteiger partial charge on any atom is 0.319 e. The second-order valence-corrected chi connectivity index (χ2v) is 9.03. The Labute approximate surface area is 157 Å². The molecule has 0 aliphatic carbocycles. The number of benzene rings is 1. The van der Waals surface area contributed by atoms with E-state index in [1.54, 1.807) is 0 Å². The molecule has 0 spiro atoms. The molecule has 1 aromatic carbocycles. The lowest BCUT2D eigenvalue weighted by atomic mass is 10.1. The zero-order valence-electron chi connectivity index (χ0n) is 14.3. The smallest absolute Gasteiger partial charge is 0.319 e. The monoisotopic (exact) mass is 379 g/mol. The molecule has 0 bridgehead atoms. The molecule has 2 saturated heterocycles. The van der Waals surface area contributed by atoms with E-state index in [9.17, 15) is 9.59 Å². The van der Waals surface area contributed by atoms with Crippen LogP contribution in [0.3, 0.4) is 0 Å². The fraction of sp³-hybridized carbons (Fsp3) is 0.556. The van der Waals surface area contributed by atoms with Crippen molar-refractivity contribution in [2.45, 2.75) is 30.3 Å². The van der Waals surface area contributed by atoms with E-state index in [0.717, 1.165) is 31.6 Å². The number of rotatable bonds is 4. The highest BCUT2D eigenvalue weighted by Crippen LogP contribution is 2.43. The molecule has 25 heavy (non-hydrogen) atoms. The molecule has 0 aromatic heterocycles. The van der Waals surface area contributed by atoms with Gasteiger partial charge in [-0.15, -0.1) is 23.5 Å². The van der Waals surface area contributed by atoms with Crippen LogP contribution in [-0.2, 0) is 4.79 Å². The number of nitrogens with one attached hydrogen (secondary N) is 2. The molecule has 2 aliphatic rings. The number of hydrogen-bond donors (Lipinski definition) is 2. The van der Waals surface area contributed by atoms with Gasteiger partial charge in [-0.3, -0.25) is 4.79 Å². The molecule has 2 heterocycles. The lowest BCUT2D eigenvalue weighted by molar-refractivity contribution is -0.130. The minimum absolute atomic E-state index is 0.00129. The highest BCUT2D eigenvalue weighted by Gasteiger charge is 2.18. The highest BCUT2D eigenvalue weighted by atomic mass is 32.2. The van der Waals surface area contributed by atoms with E-state index in [2.05, 4.69) is 16.7 Å². The first-order valence-electron chi connectivity index (χ1n) is 8.88. The molecule has 3 rings (SSSR count). The number of piperidine rings is 1. The zero-order valence-corrected chi connectivity index (χ0v) is 16.0. The Morgan fingerprint density at radius 3 is 2.60 bits per heavy atom. The molecular weight excluding hydrogens is 354 g/mol. The molecular formula is C18H25N3O2S2. The summed E-state index contributed by atoms with van der Waals surface area (Å²) in [4.78, 5) is 26.0. The number of likely N-dealkylation sites (tertiary alicyclic amines) is 1. The molecule has 1 aromatic rings. The fourth-order valence-electron chi connectivity index (χ4n) is 3.03. The Morgan fingerprint density at radius 2 is 1.84 bits per heavy atom. The second kappa shape index (κ2) is 9.38. The topological polar surface area (TPSA) is 61.4 Å². The van der Waals surface area contributed by atoms with Gasteiger partial charge in [0.1, 0.15) is 0 Å². The van der Waals surface area contributed by atoms with Crippen molar-refractivity contribution >= 4 is 41.1 Å². The standard InChI is InChI=1S/C18H25N3O2S2/c22-16(21-8-2-1-3-9-21)13-19-18(23)20-15-7-4-6-14(12-15)17-24-10-5-11-25-17/h4,6-7,12,17H,1-3,5,8-11,13H2,(H2,19,20,23). The molecule has 5 nitrogen and oxygen atoms in total. The van der Waals surface area contributed by atoms with E-state index in [4.69, 9.17) is 0 Å². The Bertz CT molecular complexity index is 600. The van der Waals surface area contributed by atoms with Gasteiger partial charge in [0.15, 0.2) is 0 Å². The zero-order chi connectivity index (χ0) is 17.5. The predicted octanol–water partition coefficient (Wildman–Crippen LogP) is 3.69. The summed E-state index contributed by atoms with van der Waals surface area (Å²) in [5.41, 5.74) is 2.00. The number of carbonyl (C=O) groups is 2. The van der Waals surface area contributed by atoms with Crippen molar-refractivity contribution in [1.82, 2.24) is 10.2 Å². The van der Waals surface area contributed by atoms with Gasteiger partial charge >= 0.3 is 6.03 Å². The Morgan fingerprint density at radius 1 is 1.08 bits per heavy atom. The van der Waals surface area contributed by atoms with Crippen LogP contribution in [0.1, 0.15) is 35.8 Å². The Kier molecular flexibility index (Phi) is 6.93.